The highest BCUT2D eigenvalue weighted by molar-refractivity contribution is 8.01. The van der Waals surface area contributed by atoms with Gasteiger partial charge in [-0.1, -0.05) is 35.2 Å². The Labute approximate surface area is 163 Å². The summed E-state index contributed by atoms with van der Waals surface area (Å²) in [4.78, 5) is 24.7. The zero-order valence-corrected chi connectivity index (χ0v) is 16.1. The van der Waals surface area contributed by atoms with Crippen molar-refractivity contribution in [2.45, 2.75) is 10.4 Å². The van der Waals surface area contributed by atoms with E-state index in [0.717, 1.165) is 0 Å². The van der Waals surface area contributed by atoms with Gasteiger partial charge in [0.05, 0.1) is 25.8 Å². The maximum atomic E-state index is 12.5. The van der Waals surface area contributed by atoms with Crippen molar-refractivity contribution < 1.29 is 19.1 Å². The van der Waals surface area contributed by atoms with Crippen molar-refractivity contribution in [3.05, 3.63) is 41.1 Å². The molecular formula is C16H17N5O4S2. The molecule has 4 N–H and O–H groups in total. The Bertz CT molecular complexity index is 898. The Morgan fingerprint density at radius 2 is 2.19 bits per heavy atom. The number of nitrogens with one attached hydrogen (secondary N) is 2. The molecule has 0 aliphatic carbocycles. The smallest absolute Gasteiger partial charge is 0.338 e. The second-order valence-corrected chi connectivity index (χ2v) is 7.62. The molecule has 2 heterocycles. The van der Waals surface area contributed by atoms with Gasteiger partial charge < -0.3 is 25.8 Å². The Hall–Kier alpha value is -2.79. The van der Waals surface area contributed by atoms with Crippen LogP contribution in [0.15, 0.2) is 39.9 Å². The summed E-state index contributed by atoms with van der Waals surface area (Å²) < 4.78 is 10.8. The molecule has 3 rings (SSSR count). The number of carbonyl (C=O) groups excluding carboxylic acids is 2. The van der Waals surface area contributed by atoms with Gasteiger partial charge in [0, 0.05) is 11.4 Å². The van der Waals surface area contributed by atoms with Crippen LogP contribution in [0.2, 0.25) is 0 Å². The Kier molecular flexibility index (Phi) is 5.81. The lowest BCUT2D eigenvalue weighted by molar-refractivity contribution is -0.136. The number of anilines is 1. The Morgan fingerprint density at radius 3 is 2.85 bits per heavy atom. The number of nitrogens with zero attached hydrogens (tertiary/aromatic N) is 2. The van der Waals surface area contributed by atoms with Crippen LogP contribution in [0.3, 0.4) is 0 Å². The van der Waals surface area contributed by atoms with E-state index < -0.39 is 18.0 Å². The van der Waals surface area contributed by atoms with Crippen LogP contribution in [-0.4, -0.2) is 42.2 Å². The van der Waals surface area contributed by atoms with Gasteiger partial charge in [-0.25, -0.2) is 9.59 Å². The van der Waals surface area contributed by atoms with Gasteiger partial charge in [0.1, 0.15) is 5.75 Å². The molecule has 2 amide bonds. The summed E-state index contributed by atoms with van der Waals surface area (Å²) in [7, 11) is 2.84. The van der Waals surface area contributed by atoms with Crippen LogP contribution in [0.1, 0.15) is 11.6 Å². The van der Waals surface area contributed by atoms with E-state index in [1.54, 1.807) is 31.4 Å². The number of aromatic nitrogens is 2. The highest BCUT2D eigenvalue weighted by Gasteiger charge is 2.33. The van der Waals surface area contributed by atoms with Crippen molar-refractivity contribution in [3.8, 4) is 5.75 Å². The number of methoxy groups -OCH3 is 2. The molecule has 0 spiro atoms. The molecule has 1 atom stereocenters. The standard InChI is InChI=1S/C16H17N5O4S2/c1-24-9-5-3-4-8(6-9)12-11(13(22)25-2)10(18-15(23)19-12)7-26-16-21-20-14(17)27-16/h3-6,12H,7H2,1-2H3,(H2,17,20)(H2,18,19,23)/t12-/m1/s1. The van der Waals surface area contributed by atoms with Crippen molar-refractivity contribution in [2.75, 3.05) is 25.7 Å². The van der Waals surface area contributed by atoms with Gasteiger partial charge in [-0.3, -0.25) is 0 Å². The van der Waals surface area contributed by atoms with Crippen LogP contribution in [-0.2, 0) is 9.53 Å². The molecular weight excluding hydrogens is 390 g/mol. The lowest BCUT2D eigenvalue weighted by Crippen LogP contribution is -2.46. The number of ether oxygens (including phenoxy) is 2. The summed E-state index contributed by atoms with van der Waals surface area (Å²) in [6, 6.07) is 6.05. The Morgan fingerprint density at radius 1 is 1.37 bits per heavy atom. The number of esters is 1. The molecule has 0 fully saturated rings. The van der Waals surface area contributed by atoms with E-state index in [4.69, 9.17) is 15.2 Å². The van der Waals surface area contributed by atoms with E-state index in [1.165, 1.54) is 30.2 Å². The third-order valence-corrected chi connectivity index (χ3v) is 5.66. The summed E-state index contributed by atoms with van der Waals surface area (Å²) in [5.41, 5.74) is 7.04. The molecule has 0 bridgehead atoms. The van der Waals surface area contributed by atoms with Crippen molar-refractivity contribution in [1.82, 2.24) is 20.8 Å². The zero-order valence-electron chi connectivity index (χ0n) is 14.5. The van der Waals surface area contributed by atoms with E-state index in [0.29, 0.717) is 37.8 Å². The normalized spacial score (nSPS) is 16.5. The second-order valence-electron chi connectivity index (χ2n) is 5.39. The number of thioether (sulfide) groups is 1. The zero-order chi connectivity index (χ0) is 19.4. The molecule has 9 nitrogen and oxygen atoms in total. The molecule has 0 unspecified atom stereocenters. The van der Waals surface area contributed by atoms with E-state index in [9.17, 15) is 9.59 Å². The lowest BCUT2D eigenvalue weighted by Gasteiger charge is -2.29. The first kappa shape index (κ1) is 19.0. The van der Waals surface area contributed by atoms with Gasteiger partial charge in [0.15, 0.2) is 4.34 Å². The molecule has 0 radical (unpaired) electrons. The maximum absolute atomic E-state index is 12.5. The summed E-state index contributed by atoms with van der Waals surface area (Å²) in [5.74, 6) is 0.375. The van der Waals surface area contributed by atoms with Crippen LogP contribution < -0.4 is 21.1 Å². The number of nitrogens with two attached hydrogens (primary N) is 1. The first-order valence-electron chi connectivity index (χ1n) is 7.76. The highest BCUT2D eigenvalue weighted by Crippen LogP contribution is 2.32. The first-order valence-corrected chi connectivity index (χ1v) is 9.56. The number of amides is 2. The SMILES string of the molecule is COC(=O)C1=C(CSc2nnc(N)s2)NC(=O)N[C@@H]1c1cccc(OC)c1. The number of nitrogen functional groups attached to an aromatic ring is 1. The van der Waals surface area contributed by atoms with Crippen LogP contribution in [0.5, 0.6) is 5.75 Å². The number of carbonyl (C=O) groups is 2. The third-order valence-electron chi connectivity index (χ3n) is 3.75. The topological polar surface area (TPSA) is 128 Å². The number of hydrogen-bond acceptors (Lipinski definition) is 9. The molecule has 0 saturated heterocycles. The summed E-state index contributed by atoms with van der Waals surface area (Å²) >= 11 is 2.55. The molecule has 1 aliphatic rings. The predicted octanol–water partition coefficient (Wildman–Crippen LogP) is 1.70. The molecule has 142 valence electrons. The molecule has 1 aromatic carbocycles. The third kappa shape index (κ3) is 4.31. The number of rotatable bonds is 6. The fourth-order valence-corrected chi connectivity index (χ4v) is 4.17. The van der Waals surface area contributed by atoms with E-state index in [2.05, 4.69) is 20.8 Å². The fourth-order valence-electron chi connectivity index (χ4n) is 2.57. The quantitative estimate of drug-likeness (QED) is 0.488. The minimum absolute atomic E-state index is 0.299. The minimum Gasteiger partial charge on any atom is -0.497 e. The van der Waals surface area contributed by atoms with Gasteiger partial charge >= 0.3 is 12.0 Å². The van der Waals surface area contributed by atoms with Crippen LogP contribution >= 0.6 is 23.1 Å². The van der Waals surface area contributed by atoms with Gasteiger partial charge in [0.2, 0.25) is 5.13 Å². The van der Waals surface area contributed by atoms with Crippen LogP contribution in [0, 0.1) is 0 Å². The first-order chi connectivity index (χ1) is 13.0. The molecule has 27 heavy (non-hydrogen) atoms. The largest absolute Gasteiger partial charge is 0.497 e. The molecule has 1 aromatic heterocycles. The Balaban J connectivity index is 1.97. The summed E-state index contributed by atoms with van der Waals surface area (Å²) in [6.45, 7) is 0. The molecule has 0 saturated carbocycles. The monoisotopic (exact) mass is 407 g/mol. The van der Waals surface area contributed by atoms with Crippen molar-refractivity contribution in [3.63, 3.8) is 0 Å². The fraction of sp³-hybridized carbons (Fsp3) is 0.250. The van der Waals surface area contributed by atoms with Gasteiger partial charge in [-0.2, -0.15) is 0 Å². The van der Waals surface area contributed by atoms with E-state index in [1.807, 2.05) is 0 Å². The molecule has 2 aromatic rings. The number of hydrogen-bond donors (Lipinski definition) is 3. The summed E-state index contributed by atoms with van der Waals surface area (Å²) in [5, 5.41) is 13.5. The van der Waals surface area contributed by atoms with E-state index in [-0.39, 0.29) is 0 Å². The minimum atomic E-state index is -0.670. The van der Waals surface area contributed by atoms with Gasteiger partial charge in [0.25, 0.3) is 0 Å². The van der Waals surface area contributed by atoms with E-state index >= 15 is 0 Å². The highest BCUT2D eigenvalue weighted by atomic mass is 32.2. The van der Waals surface area contributed by atoms with Crippen LogP contribution in [0.25, 0.3) is 0 Å². The molecule has 11 heteroatoms. The van der Waals surface area contributed by atoms with Gasteiger partial charge in [-0.15, -0.1) is 10.2 Å². The number of benzene rings is 1. The van der Waals surface area contributed by atoms with Crippen molar-refractivity contribution in [2.24, 2.45) is 0 Å². The molecule has 1 aliphatic heterocycles. The van der Waals surface area contributed by atoms with Crippen molar-refractivity contribution >= 4 is 40.2 Å². The lowest BCUT2D eigenvalue weighted by atomic mass is 9.95. The maximum Gasteiger partial charge on any atom is 0.338 e. The predicted molar refractivity (Wildman–Crippen MR) is 101 cm³/mol. The summed E-state index contributed by atoms with van der Waals surface area (Å²) in [6.07, 6.45) is 0. The van der Waals surface area contributed by atoms with Crippen molar-refractivity contribution in [1.29, 1.82) is 0 Å². The average Bonchev–Trinajstić information content (AvgIpc) is 3.10. The second kappa shape index (κ2) is 8.27. The average molecular weight is 407 g/mol. The van der Waals surface area contributed by atoms with Gasteiger partial charge in [-0.05, 0) is 17.7 Å². The van der Waals surface area contributed by atoms with Crippen LogP contribution in [0.4, 0.5) is 9.93 Å². The number of urea groups is 1.